The number of ether oxygens (including phenoxy) is 2. The number of hydrogen-bond acceptors (Lipinski definition) is 4. The summed E-state index contributed by atoms with van der Waals surface area (Å²) < 4.78 is 9.19. The molecule has 0 saturated heterocycles. The molecule has 0 amide bonds. The molecule has 13 heavy (non-hydrogen) atoms. The molecule has 0 aliphatic carbocycles. The van der Waals surface area contributed by atoms with E-state index in [0.717, 1.165) is 0 Å². The minimum atomic E-state index is -0.615. The van der Waals surface area contributed by atoms with Crippen molar-refractivity contribution in [2.45, 2.75) is 20.8 Å². The van der Waals surface area contributed by atoms with Crippen molar-refractivity contribution in [3.05, 3.63) is 11.5 Å². The van der Waals surface area contributed by atoms with Gasteiger partial charge in [0.05, 0.1) is 18.1 Å². The molecule has 0 saturated carbocycles. The standard InChI is InChI=1S/C8H14O4.Li/c1-4-11-7(9)6(3)8(10)12-5-2;/h9H,4-5H2,1-3H3;/q;+1/p-1. The summed E-state index contributed by atoms with van der Waals surface area (Å²) in [4.78, 5) is 10.9. The van der Waals surface area contributed by atoms with Crippen molar-refractivity contribution < 1.29 is 38.2 Å². The van der Waals surface area contributed by atoms with Gasteiger partial charge in [-0.15, -0.1) is 0 Å². The second-order valence-corrected chi connectivity index (χ2v) is 2.07. The first-order chi connectivity index (χ1) is 5.63. The molecule has 0 aliphatic heterocycles. The van der Waals surface area contributed by atoms with Crippen LogP contribution in [-0.2, 0) is 14.3 Å². The van der Waals surface area contributed by atoms with Gasteiger partial charge in [0.15, 0.2) is 0 Å². The van der Waals surface area contributed by atoms with Gasteiger partial charge in [-0.2, -0.15) is 0 Å². The molecule has 0 spiro atoms. The fourth-order valence-electron chi connectivity index (χ4n) is 0.562. The third-order valence-electron chi connectivity index (χ3n) is 1.16. The van der Waals surface area contributed by atoms with Crippen LogP contribution in [0.4, 0.5) is 0 Å². The van der Waals surface area contributed by atoms with Gasteiger partial charge in [0.2, 0.25) is 0 Å². The Morgan fingerprint density at radius 2 is 1.69 bits per heavy atom. The summed E-state index contributed by atoms with van der Waals surface area (Å²) >= 11 is 0. The van der Waals surface area contributed by atoms with Crippen molar-refractivity contribution in [1.29, 1.82) is 0 Å². The monoisotopic (exact) mass is 180 g/mol. The third-order valence-corrected chi connectivity index (χ3v) is 1.16. The maximum Gasteiger partial charge on any atom is 1.00 e. The first kappa shape index (κ1) is 14.9. The summed E-state index contributed by atoms with van der Waals surface area (Å²) in [6, 6.07) is 0. The molecule has 0 aromatic rings. The minimum Gasteiger partial charge on any atom is -0.613 e. The van der Waals surface area contributed by atoms with Gasteiger partial charge < -0.3 is 14.6 Å². The van der Waals surface area contributed by atoms with Crippen LogP contribution < -0.4 is 24.0 Å². The number of carbonyl (C=O) groups excluding carboxylic acids is 1. The van der Waals surface area contributed by atoms with Crippen molar-refractivity contribution in [3.8, 4) is 0 Å². The average molecular weight is 180 g/mol. The molecule has 0 fully saturated rings. The van der Waals surface area contributed by atoms with Crippen molar-refractivity contribution in [3.63, 3.8) is 0 Å². The van der Waals surface area contributed by atoms with Gasteiger partial charge in [0.25, 0.3) is 0 Å². The molecule has 0 aromatic carbocycles. The molecule has 70 valence electrons. The van der Waals surface area contributed by atoms with Crippen molar-refractivity contribution >= 4 is 5.97 Å². The Kier molecular flexibility index (Phi) is 9.20. The van der Waals surface area contributed by atoms with E-state index in [1.165, 1.54) is 6.92 Å². The number of carbonyl (C=O) groups is 1. The zero-order valence-electron chi connectivity index (χ0n) is 8.55. The van der Waals surface area contributed by atoms with E-state index in [-0.39, 0.29) is 37.6 Å². The second kappa shape index (κ2) is 8.03. The average Bonchev–Trinajstić information content (AvgIpc) is 2.04. The number of rotatable bonds is 4. The summed E-state index contributed by atoms with van der Waals surface area (Å²) in [5, 5.41) is 10.9. The van der Waals surface area contributed by atoms with E-state index in [0.29, 0.717) is 0 Å². The SMILES string of the molecule is CCOC(=O)C(C)=C([O-])OCC.[Li+]. The predicted octanol–water partition coefficient (Wildman–Crippen LogP) is -2.82. The largest absolute Gasteiger partial charge is 1.00 e. The van der Waals surface area contributed by atoms with Gasteiger partial charge in [-0.3, -0.25) is 0 Å². The third kappa shape index (κ3) is 5.62. The van der Waals surface area contributed by atoms with E-state index >= 15 is 0 Å². The van der Waals surface area contributed by atoms with Crippen LogP contribution in [0.1, 0.15) is 20.8 Å². The Labute approximate surface area is 90.1 Å². The van der Waals surface area contributed by atoms with Crippen LogP contribution in [0.3, 0.4) is 0 Å². The molecular weight excluding hydrogens is 167 g/mol. The fraction of sp³-hybridized carbons (Fsp3) is 0.625. The molecule has 0 heterocycles. The van der Waals surface area contributed by atoms with Crippen LogP contribution in [0.25, 0.3) is 0 Å². The van der Waals surface area contributed by atoms with E-state index in [9.17, 15) is 9.90 Å². The predicted molar refractivity (Wildman–Crippen MR) is 41.0 cm³/mol. The molecule has 0 aromatic heterocycles. The first-order valence-electron chi connectivity index (χ1n) is 3.81. The number of esters is 1. The summed E-state index contributed by atoms with van der Waals surface area (Å²) in [6.45, 7) is 5.26. The molecule has 0 unspecified atom stereocenters. The quantitative estimate of drug-likeness (QED) is 0.203. The summed E-state index contributed by atoms with van der Waals surface area (Å²) in [5.74, 6) is -1.23. The Hall–Kier alpha value is -0.593. The zero-order chi connectivity index (χ0) is 9.56. The Balaban J connectivity index is 0. The van der Waals surface area contributed by atoms with E-state index in [1.54, 1.807) is 13.8 Å². The Morgan fingerprint density at radius 3 is 2.08 bits per heavy atom. The van der Waals surface area contributed by atoms with E-state index in [2.05, 4.69) is 9.47 Å². The van der Waals surface area contributed by atoms with Crippen LogP contribution in [0.5, 0.6) is 0 Å². The maximum atomic E-state index is 10.9. The van der Waals surface area contributed by atoms with Gasteiger partial charge in [-0.05, 0) is 20.5 Å². The molecule has 0 atom stereocenters. The van der Waals surface area contributed by atoms with Crippen LogP contribution in [0.2, 0.25) is 0 Å². The molecule has 4 nitrogen and oxygen atoms in total. The van der Waals surface area contributed by atoms with Crippen molar-refractivity contribution in [2.24, 2.45) is 0 Å². The van der Waals surface area contributed by atoms with E-state index in [1.807, 2.05) is 0 Å². The summed E-state index contributed by atoms with van der Waals surface area (Å²) in [5.41, 5.74) is -0.0151. The Bertz CT molecular complexity index is 189. The van der Waals surface area contributed by atoms with Gasteiger partial charge in [-0.25, -0.2) is 4.79 Å². The topological polar surface area (TPSA) is 58.6 Å². The van der Waals surface area contributed by atoms with Crippen LogP contribution >= 0.6 is 0 Å². The molecule has 0 rings (SSSR count). The van der Waals surface area contributed by atoms with Crippen LogP contribution in [0, 0.1) is 0 Å². The van der Waals surface area contributed by atoms with Crippen molar-refractivity contribution in [2.75, 3.05) is 13.2 Å². The molecule has 0 aliphatic rings. The smallest absolute Gasteiger partial charge is 0.613 e. The van der Waals surface area contributed by atoms with Gasteiger partial charge in [0, 0.05) is 0 Å². The van der Waals surface area contributed by atoms with Crippen LogP contribution in [-0.4, -0.2) is 19.2 Å². The first-order valence-corrected chi connectivity index (χ1v) is 3.81. The number of hydrogen-bond donors (Lipinski definition) is 0. The van der Waals surface area contributed by atoms with E-state index in [4.69, 9.17) is 0 Å². The van der Waals surface area contributed by atoms with E-state index < -0.39 is 11.9 Å². The minimum absolute atomic E-state index is 0. The maximum absolute atomic E-state index is 10.9. The summed E-state index contributed by atoms with van der Waals surface area (Å²) in [6.07, 6.45) is 0. The normalized spacial score (nSPS) is 11.0. The van der Waals surface area contributed by atoms with Gasteiger partial charge in [0.1, 0.15) is 0 Å². The molecule has 0 radical (unpaired) electrons. The second-order valence-electron chi connectivity index (χ2n) is 2.07. The summed E-state index contributed by atoms with van der Waals surface area (Å²) in [7, 11) is 0. The zero-order valence-corrected chi connectivity index (χ0v) is 8.55. The Morgan fingerprint density at radius 1 is 1.23 bits per heavy atom. The van der Waals surface area contributed by atoms with Crippen molar-refractivity contribution in [1.82, 2.24) is 0 Å². The molecule has 0 N–H and O–H groups in total. The van der Waals surface area contributed by atoms with Gasteiger partial charge in [-0.1, -0.05) is 6.92 Å². The molecule has 0 bridgehead atoms. The fourth-order valence-corrected chi connectivity index (χ4v) is 0.562. The molecular formula is C8H13LiO4. The van der Waals surface area contributed by atoms with Crippen LogP contribution in [0.15, 0.2) is 11.5 Å². The molecule has 5 heteroatoms. The van der Waals surface area contributed by atoms with Gasteiger partial charge >= 0.3 is 24.8 Å².